The van der Waals surface area contributed by atoms with E-state index in [1.165, 1.54) is 83.5 Å². The minimum absolute atomic E-state index is 0.0553. The van der Waals surface area contributed by atoms with Crippen molar-refractivity contribution < 1.29 is 43.0 Å². The van der Waals surface area contributed by atoms with Crippen LogP contribution in [0.4, 0.5) is 0 Å². The van der Waals surface area contributed by atoms with Gasteiger partial charge in [0.05, 0.1) is 26.4 Å². The van der Waals surface area contributed by atoms with Crippen molar-refractivity contribution in [3.05, 3.63) is 0 Å². The summed E-state index contributed by atoms with van der Waals surface area (Å²) in [5.41, 5.74) is 0. The maximum Gasteiger partial charge on any atom is 0.472 e. The van der Waals surface area contributed by atoms with E-state index in [9.17, 15) is 19.4 Å². The molecule has 0 spiro atoms. The molecule has 0 amide bonds. The topological polar surface area (TPSA) is 132 Å². The van der Waals surface area contributed by atoms with Gasteiger partial charge < -0.3 is 24.6 Å². The maximum atomic E-state index is 12.3. The Labute approximate surface area is 238 Å². The summed E-state index contributed by atoms with van der Waals surface area (Å²) in [6.45, 7) is 3.45. The molecule has 0 aliphatic rings. The second-order valence-corrected chi connectivity index (χ2v) is 11.9. The van der Waals surface area contributed by atoms with Gasteiger partial charge in [-0.25, -0.2) is 4.57 Å². The van der Waals surface area contributed by atoms with E-state index in [2.05, 4.69) is 18.4 Å². The molecule has 0 saturated heterocycles. The summed E-state index contributed by atoms with van der Waals surface area (Å²) in [5.74, 6) is -0.389. The molecule has 0 rings (SSSR count). The minimum atomic E-state index is -4.49. The lowest BCUT2D eigenvalue weighted by Gasteiger charge is -2.20. The van der Waals surface area contributed by atoms with E-state index in [4.69, 9.17) is 19.1 Å². The highest BCUT2D eigenvalue weighted by atomic mass is 31.2. The molecule has 0 fully saturated rings. The lowest BCUT2D eigenvalue weighted by atomic mass is 10.1. The third kappa shape index (κ3) is 27.4. The van der Waals surface area contributed by atoms with Crippen LogP contribution in [0.25, 0.3) is 0 Å². The molecule has 0 aromatic heterocycles. The highest BCUT2D eigenvalue weighted by Crippen LogP contribution is 2.43. The van der Waals surface area contributed by atoms with Gasteiger partial charge in [-0.3, -0.25) is 13.8 Å². The number of carbonyl (C=O) groups is 1. The molecule has 0 heterocycles. The summed E-state index contributed by atoms with van der Waals surface area (Å²) in [7, 11) is -4.49. The second kappa shape index (κ2) is 27.6. The molecule has 0 bridgehead atoms. The Balaban J connectivity index is 4.28. The van der Waals surface area contributed by atoms with Crippen molar-refractivity contribution >= 4 is 13.8 Å². The zero-order valence-corrected chi connectivity index (χ0v) is 25.8. The van der Waals surface area contributed by atoms with E-state index in [0.29, 0.717) is 6.61 Å². The first-order valence-corrected chi connectivity index (χ1v) is 17.0. The van der Waals surface area contributed by atoms with Crippen molar-refractivity contribution in [1.82, 2.24) is 0 Å². The number of phosphoric ester groups is 1. The monoisotopic (exact) mass is 582 g/mol. The Morgan fingerprint density at radius 2 is 1.15 bits per heavy atom. The van der Waals surface area contributed by atoms with Gasteiger partial charge in [0.2, 0.25) is 0 Å². The number of ether oxygens (including phenoxy) is 2. The average molecular weight is 583 g/mol. The Hall–Kier alpha value is -0.540. The summed E-state index contributed by atoms with van der Waals surface area (Å²) in [5, 5.41) is 18.1. The summed E-state index contributed by atoms with van der Waals surface area (Å²) in [6, 6.07) is 0. The first kappa shape index (κ1) is 38.5. The van der Waals surface area contributed by atoms with Crippen molar-refractivity contribution in [3.63, 3.8) is 0 Å². The number of hydrogen-bond acceptors (Lipinski definition) is 8. The van der Waals surface area contributed by atoms with Gasteiger partial charge in [0.1, 0.15) is 12.2 Å². The Morgan fingerprint density at radius 1 is 0.692 bits per heavy atom. The third-order valence-corrected chi connectivity index (χ3v) is 7.49. The molecule has 3 unspecified atom stereocenters. The molecule has 3 N–H and O–H groups in total. The number of carbonyl (C=O) groups excluding carboxylic acids is 1. The van der Waals surface area contributed by atoms with Gasteiger partial charge in [-0.05, 0) is 12.8 Å². The predicted octanol–water partition coefficient (Wildman–Crippen LogP) is 6.85. The van der Waals surface area contributed by atoms with Crippen molar-refractivity contribution in [2.75, 3.05) is 33.0 Å². The molecule has 0 saturated carbocycles. The fourth-order valence-corrected chi connectivity index (χ4v) is 4.91. The first-order valence-electron chi connectivity index (χ1n) is 15.5. The molecule has 234 valence electrons. The largest absolute Gasteiger partial charge is 0.472 e. The van der Waals surface area contributed by atoms with E-state index in [0.717, 1.165) is 32.1 Å². The van der Waals surface area contributed by atoms with Crippen LogP contribution in [-0.2, 0) is 27.9 Å². The highest BCUT2D eigenvalue weighted by Gasteiger charge is 2.26. The van der Waals surface area contributed by atoms with Crippen LogP contribution in [0.3, 0.4) is 0 Å². The summed E-state index contributed by atoms with van der Waals surface area (Å²) in [4.78, 5) is 22.2. The molecule has 0 aromatic rings. The van der Waals surface area contributed by atoms with Gasteiger partial charge in [0, 0.05) is 13.0 Å². The first-order chi connectivity index (χ1) is 18.8. The van der Waals surface area contributed by atoms with Crippen LogP contribution in [0.2, 0.25) is 0 Å². The summed E-state index contributed by atoms with van der Waals surface area (Å²) >= 11 is 0. The molecular weight excluding hydrogens is 523 g/mol. The predicted molar refractivity (Wildman–Crippen MR) is 155 cm³/mol. The van der Waals surface area contributed by atoms with E-state index in [1.54, 1.807) is 0 Å². The standard InChI is InChI=1S/C29H59O9P/c1-3-5-7-9-11-12-13-14-16-18-20-22-35-25-28(26-37-39(33,34)36-24-27(31)23-30)38-29(32)21-19-17-15-10-8-6-4-2/h27-28,30-31H,3-26H2,1-2H3,(H,33,34). The Morgan fingerprint density at radius 3 is 1.67 bits per heavy atom. The average Bonchev–Trinajstić information content (AvgIpc) is 2.92. The van der Waals surface area contributed by atoms with Gasteiger partial charge in [-0.1, -0.05) is 117 Å². The van der Waals surface area contributed by atoms with Crippen molar-refractivity contribution in [2.24, 2.45) is 0 Å². The molecule has 3 atom stereocenters. The smallest absolute Gasteiger partial charge is 0.457 e. The normalized spacial score (nSPS) is 14.7. The SMILES string of the molecule is CCCCCCCCCCCCCOCC(COP(=O)(O)OCC(O)CO)OC(=O)CCCCCCCCC. The number of phosphoric acid groups is 1. The van der Waals surface area contributed by atoms with Crippen LogP contribution in [0.5, 0.6) is 0 Å². The lowest BCUT2D eigenvalue weighted by Crippen LogP contribution is -2.29. The number of aliphatic hydroxyl groups excluding tert-OH is 2. The lowest BCUT2D eigenvalue weighted by molar-refractivity contribution is -0.154. The summed E-state index contributed by atoms with van der Waals surface area (Å²) < 4.78 is 32.9. The van der Waals surface area contributed by atoms with E-state index < -0.39 is 33.2 Å². The molecule has 0 radical (unpaired) electrons. The second-order valence-electron chi connectivity index (χ2n) is 10.5. The van der Waals surface area contributed by atoms with Crippen molar-refractivity contribution in [1.29, 1.82) is 0 Å². The summed E-state index contributed by atoms with van der Waals surface area (Å²) in [6.07, 6.45) is 19.4. The number of aliphatic hydroxyl groups is 2. The fraction of sp³-hybridized carbons (Fsp3) is 0.966. The van der Waals surface area contributed by atoms with Crippen molar-refractivity contribution in [2.45, 2.75) is 148 Å². The molecule has 0 aromatic carbocycles. The van der Waals surface area contributed by atoms with Crippen LogP contribution < -0.4 is 0 Å². The van der Waals surface area contributed by atoms with E-state index in [-0.39, 0.29) is 25.6 Å². The van der Waals surface area contributed by atoms with E-state index >= 15 is 0 Å². The van der Waals surface area contributed by atoms with Crippen LogP contribution in [-0.4, -0.2) is 66.3 Å². The van der Waals surface area contributed by atoms with Crippen LogP contribution in [0, 0.1) is 0 Å². The molecule has 9 nitrogen and oxygen atoms in total. The van der Waals surface area contributed by atoms with Crippen LogP contribution in [0.15, 0.2) is 0 Å². The number of esters is 1. The van der Waals surface area contributed by atoms with Crippen LogP contribution >= 0.6 is 7.82 Å². The van der Waals surface area contributed by atoms with Crippen molar-refractivity contribution in [3.8, 4) is 0 Å². The zero-order chi connectivity index (χ0) is 29.0. The molecule has 10 heteroatoms. The highest BCUT2D eigenvalue weighted by molar-refractivity contribution is 7.47. The Kier molecular flexibility index (Phi) is 27.2. The maximum absolute atomic E-state index is 12.3. The number of unbranched alkanes of at least 4 members (excludes halogenated alkanes) is 16. The molecule has 0 aliphatic carbocycles. The minimum Gasteiger partial charge on any atom is -0.457 e. The van der Waals surface area contributed by atoms with Crippen LogP contribution in [0.1, 0.15) is 136 Å². The molecular formula is C29H59O9P. The molecule has 0 aliphatic heterocycles. The number of rotatable bonds is 30. The Bertz CT molecular complexity index is 591. The van der Waals surface area contributed by atoms with Gasteiger partial charge in [0.25, 0.3) is 0 Å². The van der Waals surface area contributed by atoms with Gasteiger partial charge in [-0.15, -0.1) is 0 Å². The van der Waals surface area contributed by atoms with Gasteiger partial charge >= 0.3 is 13.8 Å². The fourth-order valence-electron chi connectivity index (χ4n) is 4.12. The van der Waals surface area contributed by atoms with E-state index in [1.807, 2.05) is 0 Å². The quantitative estimate of drug-likeness (QED) is 0.0472. The number of hydrogen-bond donors (Lipinski definition) is 3. The zero-order valence-electron chi connectivity index (χ0n) is 24.9. The molecule has 39 heavy (non-hydrogen) atoms. The third-order valence-electron chi connectivity index (χ3n) is 6.54. The van der Waals surface area contributed by atoms with Gasteiger partial charge in [0.15, 0.2) is 0 Å². The van der Waals surface area contributed by atoms with Gasteiger partial charge in [-0.2, -0.15) is 0 Å².